The lowest BCUT2D eigenvalue weighted by atomic mass is 10.1. The molecule has 0 aliphatic carbocycles. The zero-order chi connectivity index (χ0) is 11.1. The van der Waals surface area contributed by atoms with Crippen LogP contribution < -0.4 is 5.32 Å². The van der Waals surface area contributed by atoms with Crippen molar-refractivity contribution in [2.75, 3.05) is 11.9 Å². The summed E-state index contributed by atoms with van der Waals surface area (Å²) in [5, 5.41) is 3.37. The predicted molar refractivity (Wildman–Crippen MR) is 64.0 cm³/mol. The molecule has 0 aliphatic heterocycles. The maximum Gasteiger partial charge on any atom is 0.132 e. The van der Waals surface area contributed by atoms with Crippen molar-refractivity contribution < 1.29 is 0 Å². The van der Waals surface area contributed by atoms with E-state index < -0.39 is 0 Å². The average molecular weight is 207 g/mol. The number of hydrogen-bond acceptors (Lipinski definition) is 3. The number of unbranched alkanes of at least 4 members (excludes halogenated alkanes) is 1. The van der Waals surface area contributed by atoms with Gasteiger partial charge in [-0.1, -0.05) is 27.2 Å². The molecule has 15 heavy (non-hydrogen) atoms. The quantitative estimate of drug-likeness (QED) is 0.729. The van der Waals surface area contributed by atoms with E-state index in [2.05, 4.69) is 36.1 Å². The maximum atomic E-state index is 4.28. The largest absolute Gasteiger partial charge is 0.370 e. The highest BCUT2D eigenvalue weighted by Crippen LogP contribution is 2.14. The van der Waals surface area contributed by atoms with Gasteiger partial charge in [-0.2, -0.15) is 0 Å². The van der Waals surface area contributed by atoms with Crippen LogP contribution in [0, 0.1) is 5.92 Å². The Morgan fingerprint density at radius 1 is 1.40 bits per heavy atom. The van der Waals surface area contributed by atoms with E-state index in [1.54, 1.807) is 6.33 Å². The summed E-state index contributed by atoms with van der Waals surface area (Å²) in [5.41, 5.74) is 1.23. The first-order valence-corrected chi connectivity index (χ1v) is 5.76. The van der Waals surface area contributed by atoms with Crippen molar-refractivity contribution in [2.24, 2.45) is 5.92 Å². The van der Waals surface area contributed by atoms with Gasteiger partial charge in [0.15, 0.2) is 0 Å². The molecular formula is C12H21N3. The Kier molecular flexibility index (Phi) is 5.08. The lowest BCUT2D eigenvalue weighted by Crippen LogP contribution is -2.08. The standard InChI is InChI=1S/C12H21N3/c1-4-5-6-14-12-11(7-10(2)3)8-13-9-15-12/h8-10H,4-7H2,1-3H3,(H,13,14,15). The van der Waals surface area contributed by atoms with Crippen LogP contribution in [0.5, 0.6) is 0 Å². The molecule has 0 aliphatic rings. The summed E-state index contributed by atoms with van der Waals surface area (Å²) in [6.07, 6.45) is 6.96. The first-order chi connectivity index (χ1) is 7.24. The molecule has 1 heterocycles. The van der Waals surface area contributed by atoms with Crippen LogP contribution >= 0.6 is 0 Å². The minimum absolute atomic E-state index is 0.641. The molecular weight excluding hydrogens is 186 g/mol. The van der Waals surface area contributed by atoms with E-state index in [-0.39, 0.29) is 0 Å². The molecule has 0 saturated heterocycles. The van der Waals surface area contributed by atoms with Gasteiger partial charge in [0.05, 0.1) is 0 Å². The summed E-state index contributed by atoms with van der Waals surface area (Å²) < 4.78 is 0. The molecule has 0 spiro atoms. The van der Waals surface area contributed by atoms with E-state index in [0.29, 0.717) is 5.92 Å². The summed E-state index contributed by atoms with van der Waals surface area (Å²) in [4.78, 5) is 8.36. The van der Waals surface area contributed by atoms with Gasteiger partial charge in [-0.15, -0.1) is 0 Å². The molecule has 84 valence electrons. The molecule has 0 saturated carbocycles. The highest BCUT2D eigenvalue weighted by Gasteiger charge is 2.05. The van der Waals surface area contributed by atoms with E-state index in [1.807, 2.05) is 6.20 Å². The van der Waals surface area contributed by atoms with Gasteiger partial charge in [0.1, 0.15) is 12.1 Å². The molecule has 1 rings (SSSR count). The molecule has 1 N–H and O–H groups in total. The first kappa shape index (κ1) is 12.0. The summed E-state index contributed by atoms with van der Waals surface area (Å²) >= 11 is 0. The third kappa shape index (κ3) is 4.28. The van der Waals surface area contributed by atoms with E-state index in [1.165, 1.54) is 18.4 Å². The second-order valence-electron chi connectivity index (χ2n) is 4.27. The van der Waals surface area contributed by atoms with Crippen LogP contribution in [-0.4, -0.2) is 16.5 Å². The molecule has 0 fully saturated rings. The number of hydrogen-bond donors (Lipinski definition) is 1. The van der Waals surface area contributed by atoms with Crippen molar-refractivity contribution in [1.82, 2.24) is 9.97 Å². The maximum absolute atomic E-state index is 4.28. The molecule has 3 nitrogen and oxygen atoms in total. The Morgan fingerprint density at radius 2 is 2.20 bits per heavy atom. The van der Waals surface area contributed by atoms with E-state index in [9.17, 15) is 0 Å². The second-order valence-corrected chi connectivity index (χ2v) is 4.27. The summed E-state index contributed by atoms with van der Waals surface area (Å²) in [6.45, 7) is 7.61. The Labute approximate surface area is 92.3 Å². The monoisotopic (exact) mass is 207 g/mol. The minimum Gasteiger partial charge on any atom is -0.370 e. The zero-order valence-electron chi connectivity index (χ0n) is 9.95. The van der Waals surface area contributed by atoms with Gasteiger partial charge < -0.3 is 5.32 Å². The van der Waals surface area contributed by atoms with Crippen molar-refractivity contribution in [3.05, 3.63) is 18.1 Å². The van der Waals surface area contributed by atoms with Crippen molar-refractivity contribution in [2.45, 2.75) is 40.0 Å². The molecule has 0 atom stereocenters. The van der Waals surface area contributed by atoms with Gasteiger partial charge in [0.25, 0.3) is 0 Å². The normalized spacial score (nSPS) is 10.7. The molecule has 0 unspecified atom stereocenters. The van der Waals surface area contributed by atoms with Crippen LogP contribution in [0.4, 0.5) is 5.82 Å². The molecule has 1 aromatic rings. The van der Waals surface area contributed by atoms with Gasteiger partial charge in [-0.25, -0.2) is 9.97 Å². The highest BCUT2D eigenvalue weighted by atomic mass is 15.0. The van der Waals surface area contributed by atoms with Crippen molar-refractivity contribution in [3.8, 4) is 0 Å². The zero-order valence-corrected chi connectivity index (χ0v) is 9.95. The molecule has 0 radical (unpaired) electrons. The fourth-order valence-electron chi connectivity index (χ4n) is 1.49. The minimum atomic E-state index is 0.641. The third-order valence-corrected chi connectivity index (χ3v) is 2.24. The lowest BCUT2D eigenvalue weighted by Gasteiger charge is -2.11. The fraction of sp³-hybridized carbons (Fsp3) is 0.667. The number of nitrogens with one attached hydrogen (secondary N) is 1. The van der Waals surface area contributed by atoms with Crippen LogP contribution in [0.1, 0.15) is 39.2 Å². The average Bonchev–Trinajstić information content (AvgIpc) is 2.20. The first-order valence-electron chi connectivity index (χ1n) is 5.76. The van der Waals surface area contributed by atoms with Crippen LogP contribution in [0.3, 0.4) is 0 Å². The SMILES string of the molecule is CCCCNc1ncncc1CC(C)C. The summed E-state index contributed by atoms with van der Waals surface area (Å²) in [5.74, 6) is 1.65. The van der Waals surface area contributed by atoms with Gasteiger partial charge in [-0.3, -0.25) is 0 Å². The van der Waals surface area contributed by atoms with Gasteiger partial charge in [0.2, 0.25) is 0 Å². The summed E-state index contributed by atoms with van der Waals surface area (Å²) in [6, 6.07) is 0. The molecule has 0 aromatic carbocycles. The van der Waals surface area contributed by atoms with E-state index in [0.717, 1.165) is 18.8 Å². The molecule has 1 aromatic heterocycles. The topological polar surface area (TPSA) is 37.8 Å². The van der Waals surface area contributed by atoms with E-state index in [4.69, 9.17) is 0 Å². The smallest absolute Gasteiger partial charge is 0.132 e. The number of rotatable bonds is 6. The van der Waals surface area contributed by atoms with Crippen LogP contribution in [-0.2, 0) is 6.42 Å². The molecule has 0 amide bonds. The van der Waals surface area contributed by atoms with Gasteiger partial charge in [-0.05, 0) is 18.8 Å². The van der Waals surface area contributed by atoms with Crippen molar-refractivity contribution in [1.29, 1.82) is 0 Å². The van der Waals surface area contributed by atoms with Gasteiger partial charge >= 0.3 is 0 Å². The Bertz CT molecular complexity index is 284. The third-order valence-electron chi connectivity index (χ3n) is 2.24. The summed E-state index contributed by atoms with van der Waals surface area (Å²) in [7, 11) is 0. The number of nitrogens with zero attached hydrogens (tertiary/aromatic N) is 2. The van der Waals surface area contributed by atoms with Crippen molar-refractivity contribution in [3.63, 3.8) is 0 Å². The Morgan fingerprint density at radius 3 is 2.87 bits per heavy atom. The van der Waals surface area contributed by atoms with E-state index >= 15 is 0 Å². The predicted octanol–water partition coefficient (Wildman–Crippen LogP) is 2.89. The van der Waals surface area contributed by atoms with Crippen LogP contribution in [0.15, 0.2) is 12.5 Å². The highest BCUT2D eigenvalue weighted by molar-refractivity contribution is 5.42. The van der Waals surface area contributed by atoms with Gasteiger partial charge in [0, 0.05) is 18.3 Å². The molecule has 3 heteroatoms. The number of aromatic nitrogens is 2. The molecule has 0 bridgehead atoms. The number of anilines is 1. The fourth-order valence-corrected chi connectivity index (χ4v) is 1.49. The second kappa shape index (κ2) is 6.38. The Hall–Kier alpha value is -1.12. The van der Waals surface area contributed by atoms with Crippen LogP contribution in [0.25, 0.3) is 0 Å². The van der Waals surface area contributed by atoms with Crippen LogP contribution in [0.2, 0.25) is 0 Å². The van der Waals surface area contributed by atoms with Crippen molar-refractivity contribution >= 4 is 5.82 Å². The lowest BCUT2D eigenvalue weighted by molar-refractivity contribution is 0.644. The Balaban J connectivity index is 2.60.